The summed E-state index contributed by atoms with van der Waals surface area (Å²) in [6.07, 6.45) is 0.428. The number of ether oxygens (including phenoxy) is 1. The quantitative estimate of drug-likeness (QED) is 0.471. The number of alkyl halides is 3. The lowest BCUT2D eigenvalue weighted by molar-refractivity contribution is -0.126. The monoisotopic (exact) mass is 484 g/mol. The number of benzene rings is 1. The molecule has 3 heterocycles. The number of piperidine rings is 1. The predicted octanol–water partition coefficient (Wildman–Crippen LogP) is 5.61. The van der Waals surface area contributed by atoms with Gasteiger partial charge in [-0.05, 0) is 54.2 Å². The molecule has 1 aliphatic heterocycles. The second-order valence-corrected chi connectivity index (χ2v) is 9.99. The van der Waals surface area contributed by atoms with Crippen molar-refractivity contribution in [1.29, 1.82) is 5.26 Å². The molecule has 0 atom stereocenters. The highest BCUT2D eigenvalue weighted by molar-refractivity contribution is 7.18. The Hall–Kier alpha value is -2.96. The third kappa shape index (κ3) is 4.79. The normalized spacial score (nSPS) is 17.0. The van der Waals surface area contributed by atoms with Gasteiger partial charge >= 0.3 is 6.18 Å². The summed E-state index contributed by atoms with van der Waals surface area (Å²) in [7, 11) is 0. The lowest BCUT2D eigenvalue weighted by Crippen LogP contribution is -2.38. The first-order valence-electron chi connectivity index (χ1n) is 11.2. The summed E-state index contributed by atoms with van der Waals surface area (Å²) in [5, 5.41) is 9.75. The van der Waals surface area contributed by atoms with E-state index >= 15 is 0 Å². The molecule has 0 radical (unpaired) electrons. The van der Waals surface area contributed by atoms with E-state index in [0.29, 0.717) is 22.5 Å². The maximum absolute atomic E-state index is 12.8. The summed E-state index contributed by atoms with van der Waals surface area (Å²) in [4.78, 5) is 11.4. The van der Waals surface area contributed by atoms with Crippen molar-refractivity contribution in [2.45, 2.75) is 51.4 Å². The molecule has 1 saturated heterocycles. The van der Waals surface area contributed by atoms with Crippen LogP contribution in [0.1, 0.15) is 40.0 Å². The molecule has 0 bridgehead atoms. The van der Waals surface area contributed by atoms with E-state index in [1.807, 2.05) is 6.08 Å². The van der Waals surface area contributed by atoms with Gasteiger partial charge in [0.2, 0.25) is 5.88 Å². The van der Waals surface area contributed by atoms with Crippen molar-refractivity contribution in [1.82, 2.24) is 14.9 Å². The minimum absolute atomic E-state index is 0.0393. The number of aromatic nitrogens is 2. The van der Waals surface area contributed by atoms with Crippen molar-refractivity contribution < 1.29 is 17.9 Å². The van der Waals surface area contributed by atoms with Crippen LogP contribution in [0.5, 0.6) is 5.88 Å². The number of thiophene rings is 1. The van der Waals surface area contributed by atoms with Crippen LogP contribution in [0.3, 0.4) is 0 Å². The number of hydrogen-bond donors (Lipinski definition) is 0. The average molecular weight is 485 g/mol. The fourth-order valence-corrected chi connectivity index (χ4v) is 5.72. The number of allylic oxidation sites excluding steroid dienone is 1. The fourth-order valence-electron chi connectivity index (χ4n) is 4.70. The molecule has 1 aromatic carbocycles. The summed E-state index contributed by atoms with van der Waals surface area (Å²) in [6.45, 7) is 4.68. The zero-order valence-corrected chi connectivity index (χ0v) is 19.5. The number of hydrogen-bond acceptors (Lipinski definition) is 6. The predicted molar refractivity (Wildman–Crippen MR) is 125 cm³/mol. The molecule has 0 unspecified atom stereocenters. The molecule has 9 heteroatoms. The van der Waals surface area contributed by atoms with Crippen LogP contribution in [0.4, 0.5) is 13.2 Å². The first kappa shape index (κ1) is 22.8. The minimum atomic E-state index is -4.26. The lowest BCUT2D eigenvalue weighted by Gasteiger charge is -2.32. The molecular weight excluding hydrogens is 461 g/mol. The molecule has 34 heavy (non-hydrogen) atoms. The Morgan fingerprint density at radius 2 is 2.03 bits per heavy atom. The number of fused-ring (bicyclic) bond motifs is 2. The Morgan fingerprint density at radius 3 is 2.76 bits per heavy atom. The number of halogens is 3. The van der Waals surface area contributed by atoms with E-state index in [2.05, 4.69) is 40.0 Å². The second kappa shape index (κ2) is 9.01. The molecule has 1 aliphatic carbocycles. The van der Waals surface area contributed by atoms with Crippen LogP contribution in [0.2, 0.25) is 0 Å². The largest absolute Gasteiger partial charge is 0.474 e. The molecule has 2 aromatic heterocycles. The van der Waals surface area contributed by atoms with E-state index in [9.17, 15) is 18.4 Å². The van der Waals surface area contributed by atoms with Crippen molar-refractivity contribution in [2.75, 3.05) is 13.1 Å². The molecule has 0 amide bonds. The molecule has 2 aliphatic rings. The Kier molecular flexibility index (Phi) is 6.04. The molecule has 5 nitrogen and oxygen atoms in total. The van der Waals surface area contributed by atoms with Crippen LogP contribution in [0, 0.1) is 18.3 Å². The van der Waals surface area contributed by atoms with Crippen LogP contribution in [0.25, 0.3) is 16.3 Å². The Balaban J connectivity index is 1.22. The van der Waals surface area contributed by atoms with Crippen LogP contribution < -0.4 is 4.74 Å². The first-order chi connectivity index (χ1) is 16.3. The van der Waals surface area contributed by atoms with Crippen LogP contribution >= 0.6 is 11.3 Å². The Morgan fingerprint density at radius 1 is 1.24 bits per heavy atom. The number of rotatable bonds is 5. The van der Waals surface area contributed by atoms with Gasteiger partial charge in [-0.1, -0.05) is 12.1 Å². The average Bonchev–Trinajstić information content (AvgIpc) is 3.40. The molecular formula is C25H23F3N4OS. The minimum Gasteiger partial charge on any atom is -0.474 e. The molecule has 0 spiro atoms. The van der Waals surface area contributed by atoms with Gasteiger partial charge in [0.15, 0.2) is 0 Å². The summed E-state index contributed by atoms with van der Waals surface area (Å²) in [6, 6.07) is 8.06. The van der Waals surface area contributed by atoms with E-state index < -0.39 is 12.6 Å². The molecule has 3 aromatic rings. The van der Waals surface area contributed by atoms with E-state index in [1.165, 1.54) is 34.6 Å². The Bertz CT molecular complexity index is 1300. The summed E-state index contributed by atoms with van der Waals surface area (Å²) >= 11 is 1.03. The van der Waals surface area contributed by atoms with Crippen molar-refractivity contribution in [3.8, 4) is 11.9 Å². The third-order valence-corrected chi connectivity index (χ3v) is 7.53. The summed E-state index contributed by atoms with van der Waals surface area (Å²) < 4.78 is 44.5. The second-order valence-electron chi connectivity index (χ2n) is 8.88. The van der Waals surface area contributed by atoms with E-state index in [-0.39, 0.29) is 11.0 Å². The van der Waals surface area contributed by atoms with Gasteiger partial charge < -0.3 is 4.74 Å². The number of nitrogens with zero attached hydrogens (tertiary/aromatic N) is 4. The highest BCUT2D eigenvalue weighted by atomic mass is 32.1. The first-order valence-corrected chi connectivity index (χ1v) is 12.0. The van der Waals surface area contributed by atoms with Crippen LogP contribution in [-0.2, 0) is 19.4 Å². The highest BCUT2D eigenvalue weighted by Gasteiger charge is 2.29. The van der Waals surface area contributed by atoms with Gasteiger partial charge in [-0.25, -0.2) is 9.97 Å². The maximum Gasteiger partial charge on any atom is 0.393 e. The molecule has 176 valence electrons. The molecule has 1 fully saturated rings. The van der Waals surface area contributed by atoms with Crippen LogP contribution in [0.15, 0.2) is 30.1 Å². The number of nitriles is 1. The fraction of sp³-hybridized carbons (Fsp3) is 0.400. The van der Waals surface area contributed by atoms with E-state index in [4.69, 9.17) is 4.74 Å². The number of likely N-dealkylation sites (tertiary alicyclic amines) is 1. The van der Waals surface area contributed by atoms with Crippen molar-refractivity contribution in [2.24, 2.45) is 0 Å². The van der Waals surface area contributed by atoms with Gasteiger partial charge in [-0.2, -0.15) is 18.4 Å². The molecule has 0 saturated carbocycles. The zero-order chi connectivity index (χ0) is 23.9. The van der Waals surface area contributed by atoms with Crippen molar-refractivity contribution in [3.05, 3.63) is 57.2 Å². The topological polar surface area (TPSA) is 62.0 Å². The van der Waals surface area contributed by atoms with Crippen molar-refractivity contribution in [3.63, 3.8) is 0 Å². The van der Waals surface area contributed by atoms with Gasteiger partial charge in [-0.15, -0.1) is 11.3 Å². The highest BCUT2D eigenvalue weighted by Crippen LogP contribution is 2.34. The maximum atomic E-state index is 12.8. The van der Waals surface area contributed by atoms with Gasteiger partial charge in [0.1, 0.15) is 17.3 Å². The third-order valence-electron chi connectivity index (χ3n) is 6.49. The van der Waals surface area contributed by atoms with E-state index in [1.54, 1.807) is 0 Å². The standard InChI is InChI=1S/C25H23F3N4OS/c1-15-18(3-2-17-8-16(12-29)9-21(15)17)13-32-6-4-19(5-7-32)33-23-22-10-20(11-25(26,27)28)34-24(22)31-14-30-23/h2-3,9-10,14,19H,4-8,11,13H2,1H3. The van der Waals surface area contributed by atoms with Gasteiger partial charge in [-0.3, -0.25) is 4.90 Å². The van der Waals surface area contributed by atoms with E-state index in [0.717, 1.165) is 49.4 Å². The lowest BCUT2D eigenvalue weighted by atomic mass is 9.97. The summed E-state index contributed by atoms with van der Waals surface area (Å²) in [5.74, 6) is 0.364. The Labute approximate surface area is 199 Å². The molecule has 5 rings (SSSR count). The van der Waals surface area contributed by atoms with Crippen molar-refractivity contribution >= 4 is 27.6 Å². The molecule has 0 N–H and O–H groups in total. The van der Waals surface area contributed by atoms with Crippen LogP contribution in [-0.4, -0.2) is 40.2 Å². The van der Waals surface area contributed by atoms with Gasteiger partial charge in [0, 0.05) is 36.5 Å². The smallest absolute Gasteiger partial charge is 0.393 e. The zero-order valence-electron chi connectivity index (χ0n) is 18.7. The SMILES string of the molecule is Cc1c(CN2CCC(Oc3ncnc4sc(CC(F)(F)F)cc34)CC2)ccc2c1C=C(C#N)C2. The summed E-state index contributed by atoms with van der Waals surface area (Å²) in [5.41, 5.74) is 5.70. The van der Waals surface area contributed by atoms with Gasteiger partial charge in [0.25, 0.3) is 0 Å². The van der Waals surface area contributed by atoms with Gasteiger partial charge in [0.05, 0.1) is 17.9 Å².